The molecule has 20 heavy (non-hydrogen) atoms. The van der Waals surface area contributed by atoms with E-state index < -0.39 is 0 Å². The topological polar surface area (TPSA) is 39.8 Å². The summed E-state index contributed by atoms with van der Waals surface area (Å²) >= 11 is 0. The molecule has 0 spiro atoms. The molecule has 0 radical (unpaired) electrons. The molecule has 0 N–H and O–H groups in total. The van der Waals surface area contributed by atoms with Gasteiger partial charge in [0.25, 0.3) is 0 Å². The first-order chi connectivity index (χ1) is 9.56. The molecule has 0 aliphatic rings. The predicted molar refractivity (Wildman–Crippen MR) is 80.0 cm³/mol. The van der Waals surface area contributed by atoms with Crippen molar-refractivity contribution < 1.29 is 0 Å². The number of aryl methyl sites for hydroxylation is 3. The zero-order valence-electron chi connectivity index (χ0n) is 11.9. The fourth-order valence-corrected chi connectivity index (χ4v) is 2.64. The molecule has 2 heterocycles. The fourth-order valence-electron chi connectivity index (χ4n) is 2.64. The van der Waals surface area contributed by atoms with Gasteiger partial charge in [-0.15, -0.1) is 0 Å². The largest absolute Gasteiger partial charge is 0.340 e. The molecule has 2 aromatic heterocycles. The first-order valence-electron chi connectivity index (χ1n) is 6.64. The van der Waals surface area contributed by atoms with E-state index in [2.05, 4.69) is 9.67 Å². The average Bonchev–Trinajstić information content (AvgIpc) is 2.73. The van der Waals surface area contributed by atoms with Crippen LogP contribution >= 0.6 is 0 Å². The molecule has 0 aliphatic heterocycles. The lowest BCUT2D eigenvalue weighted by Gasteiger charge is -2.14. The number of aromatic nitrogens is 3. The van der Waals surface area contributed by atoms with Gasteiger partial charge in [0.05, 0.1) is 17.8 Å². The number of para-hydroxylation sites is 1. The van der Waals surface area contributed by atoms with Crippen molar-refractivity contribution in [3.05, 3.63) is 63.7 Å². The Bertz CT molecular complexity index is 843. The Kier molecular flexibility index (Phi) is 2.93. The molecule has 3 rings (SSSR count). The van der Waals surface area contributed by atoms with Crippen LogP contribution in [0.4, 0.5) is 0 Å². The number of hydrogen-bond acceptors (Lipinski definition) is 2. The second kappa shape index (κ2) is 4.63. The van der Waals surface area contributed by atoms with Gasteiger partial charge in [-0.3, -0.25) is 9.48 Å². The molecule has 4 heteroatoms. The highest BCUT2D eigenvalue weighted by atomic mass is 16.1. The van der Waals surface area contributed by atoms with Gasteiger partial charge in [-0.1, -0.05) is 12.1 Å². The third-order valence-electron chi connectivity index (χ3n) is 3.67. The smallest absolute Gasteiger partial charge is 0.189 e. The Morgan fingerprint density at radius 1 is 1.20 bits per heavy atom. The van der Waals surface area contributed by atoms with Crippen molar-refractivity contribution >= 4 is 10.9 Å². The van der Waals surface area contributed by atoms with Crippen LogP contribution in [0.1, 0.15) is 17.0 Å². The predicted octanol–water partition coefficient (Wildman–Crippen LogP) is 2.40. The molecule has 4 nitrogen and oxygen atoms in total. The number of nitrogens with zero attached hydrogens (tertiary/aromatic N) is 3. The van der Waals surface area contributed by atoms with E-state index in [0.717, 1.165) is 28.8 Å². The van der Waals surface area contributed by atoms with E-state index in [-0.39, 0.29) is 5.43 Å². The van der Waals surface area contributed by atoms with Gasteiger partial charge in [0.15, 0.2) is 5.43 Å². The molecule has 0 bridgehead atoms. The van der Waals surface area contributed by atoms with E-state index >= 15 is 0 Å². The maximum atomic E-state index is 12.0. The van der Waals surface area contributed by atoms with E-state index in [9.17, 15) is 4.79 Å². The van der Waals surface area contributed by atoms with Crippen molar-refractivity contribution in [2.75, 3.05) is 0 Å². The summed E-state index contributed by atoms with van der Waals surface area (Å²) in [6.45, 7) is 4.71. The van der Waals surface area contributed by atoms with E-state index in [1.54, 1.807) is 6.07 Å². The standard InChI is InChI=1S/C16H17N3O/c1-11-8-16(20)14-6-4-5-7-15(14)19(11)10-13-9-18(3)17-12(13)2/h4-9H,10H2,1-3H3. The van der Waals surface area contributed by atoms with Crippen LogP contribution in [0.15, 0.2) is 41.3 Å². The van der Waals surface area contributed by atoms with Crippen molar-refractivity contribution in [3.8, 4) is 0 Å². The van der Waals surface area contributed by atoms with E-state index in [1.165, 1.54) is 5.56 Å². The van der Waals surface area contributed by atoms with Gasteiger partial charge >= 0.3 is 0 Å². The molecular formula is C16H17N3O. The lowest BCUT2D eigenvalue weighted by molar-refractivity contribution is 0.755. The van der Waals surface area contributed by atoms with Crippen LogP contribution in [0.5, 0.6) is 0 Å². The molecular weight excluding hydrogens is 250 g/mol. The minimum Gasteiger partial charge on any atom is -0.340 e. The van der Waals surface area contributed by atoms with Crippen LogP contribution in [0.3, 0.4) is 0 Å². The second-order valence-electron chi connectivity index (χ2n) is 5.17. The zero-order chi connectivity index (χ0) is 14.3. The first kappa shape index (κ1) is 12.7. The van der Waals surface area contributed by atoms with Gasteiger partial charge in [-0.2, -0.15) is 5.10 Å². The van der Waals surface area contributed by atoms with E-state index in [0.29, 0.717) is 0 Å². The highest BCUT2D eigenvalue weighted by Gasteiger charge is 2.09. The maximum Gasteiger partial charge on any atom is 0.189 e. The fraction of sp³-hybridized carbons (Fsp3) is 0.250. The Morgan fingerprint density at radius 3 is 2.65 bits per heavy atom. The molecule has 0 saturated heterocycles. The van der Waals surface area contributed by atoms with Crippen molar-refractivity contribution in [1.29, 1.82) is 0 Å². The maximum absolute atomic E-state index is 12.0. The quantitative estimate of drug-likeness (QED) is 0.715. The Labute approximate surface area is 117 Å². The molecule has 102 valence electrons. The summed E-state index contributed by atoms with van der Waals surface area (Å²) in [5.41, 5.74) is 4.22. The van der Waals surface area contributed by atoms with Crippen molar-refractivity contribution in [3.63, 3.8) is 0 Å². The van der Waals surface area contributed by atoms with Crippen molar-refractivity contribution in [2.24, 2.45) is 7.05 Å². The van der Waals surface area contributed by atoms with Crippen LogP contribution in [0, 0.1) is 13.8 Å². The lowest BCUT2D eigenvalue weighted by Crippen LogP contribution is -2.12. The highest BCUT2D eigenvalue weighted by molar-refractivity contribution is 5.79. The normalized spacial score (nSPS) is 11.2. The molecule has 0 atom stereocenters. The number of benzene rings is 1. The number of hydrogen-bond donors (Lipinski definition) is 0. The second-order valence-corrected chi connectivity index (χ2v) is 5.17. The SMILES string of the molecule is Cc1nn(C)cc1Cn1c(C)cc(=O)c2ccccc21. The Morgan fingerprint density at radius 2 is 1.95 bits per heavy atom. The van der Waals surface area contributed by atoms with Gasteiger partial charge in [0.2, 0.25) is 0 Å². The molecule has 1 aromatic carbocycles. The highest BCUT2D eigenvalue weighted by Crippen LogP contribution is 2.16. The number of fused-ring (bicyclic) bond motifs is 1. The van der Waals surface area contributed by atoms with Gasteiger partial charge in [0, 0.05) is 36.0 Å². The molecule has 0 aliphatic carbocycles. The third kappa shape index (κ3) is 2.03. The molecule has 0 unspecified atom stereocenters. The third-order valence-corrected chi connectivity index (χ3v) is 3.67. The summed E-state index contributed by atoms with van der Waals surface area (Å²) in [6.07, 6.45) is 2.03. The lowest BCUT2D eigenvalue weighted by atomic mass is 10.1. The first-order valence-corrected chi connectivity index (χ1v) is 6.64. The van der Waals surface area contributed by atoms with Gasteiger partial charge in [-0.25, -0.2) is 0 Å². The van der Waals surface area contributed by atoms with Crippen LogP contribution in [-0.2, 0) is 13.6 Å². The summed E-state index contributed by atoms with van der Waals surface area (Å²) in [5.74, 6) is 0. The zero-order valence-corrected chi connectivity index (χ0v) is 11.9. The Balaban J connectivity index is 2.21. The summed E-state index contributed by atoms with van der Waals surface area (Å²) in [6, 6.07) is 9.44. The Hall–Kier alpha value is -2.36. The molecule has 3 aromatic rings. The average molecular weight is 267 g/mol. The molecule has 0 fully saturated rings. The minimum absolute atomic E-state index is 0.0808. The summed E-state index contributed by atoms with van der Waals surface area (Å²) < 4.78 is 3.99. The van der Waals surface area contributed by atoms with Gasteiger partial charge < -0.3 is 4.57 Å². The van der Waals surface area contributed by atoms with Crippen LogP contribution in [0.25, 0.3) is 10.9 Å². The van der Waals surface area contributed by atoms with Crippen LogP contribution in [-0.4, -0.2) is 14.3 Å². The molecule has 0 amide bonds. The van der Waals surface area contributed by atoms with Crippen LogP contribution < -0.4 is 5.43 Å². The summed E-state index contributed by atoms with van der Waals surface area (Å²) in [5, 5.41) is 5.14. The number of rotatable bonds is 2. The van der Waals surface area contributed by atoms with Crippen molar-refractivity contribution in [1.82, 2.24) is 14.3 Å². The molecule has 0 saturated carbocycles. The summed E-state index contributed by atoms with van der Waals surface area (Å²) in [7, 11) is 1.92. The van der Waals surface area contributed by atoms with Gasteiger partial charge in [-0.05, 0) is 26.0 Å². The van der Waals surface area contributed by atoms with E-state index in [1.807, 2.05) is 56.0 Å². The number of pyridine rings is 1. The summed E-state index contributed by atoms with van der Waals surface area (Å²) in [4.78, 5) is 12.0. The monoisotopic (exact) mass is 267 g/mol. The van der Waals surface area contributed by atoms with E-state index in [4.69, 9.17) is 0 Å². The van der Waals surface area contributed by atoms with Crippen molar-refractivity contribution in [2.45, 2.75) is 20.4 Å². The van der Waals surface area contributed by atoms with Gasteiger partial charge in [0.1, 0.15) is 0 Å². The van der Waals surface area contributed by atoms with Crippen LogP contribution in [0.2, 0.25) is 0 Å². The minimum atomic E-state index is 0.0808.